The third kappa shape index (κ3) is 3.93. The summed E-state index contributed by atoms with van der Waals surface area (Å²) in [4.78, 5) is 27.3. The zero-order valence-corrected chi connectivity index (χ0v) is 17.2. The molecule has 1 N–H and O–H groups in total. The highest BCUT2D eigenvalue weighted by molar-refractivity contribution is 7.88. The minimum atomic E-state index is -3.63. The van der Waals surface area contributed by atoms with Gasteiger partial charge in [0.1, 0.15) is 5.54 Å². The third-order valence-electron chi connectivity index (χ3n) is 4.85. The Hall–Kier alpha value is -2.33. The Balaban J connectivity index is 1.94. The van der Waals surface area contributed by atoms with Gasteiger partial charge >= 0.3 is 0 Å². The van der Waals surface area contributed by atoms with Crippen molar-refractivity contribution in [3.8, 4) is 11.5 Å². The van der Waals surface area contributed by atoms with E-state index in [1.54, 1.807) is 25.1 Å². The number of ether oxygens (including phenoxy) is 2. The van der Waals surface area contributed by atoms with E-state index in [1.807, 2.05) is 13.8 Å². The van der Waals surface area contributed by atoms with E-state index in [0.29, 0.717) is 11.5 Å². The molecule has 154 valence electrons. The van der Waals surface area contributed by atoms with Crippen molar-refractivity contribution in [2.75, 3.05) is 26.1 Å². The average molecular weight is 411 g/mol. The molecule has 0 spiro atoms. The van der Waals surface area contributed by atoms with Gasteiger partial charge in [-0.05, 0) is 38.5 Å². The summed E-state index contributed by atoms with van der Waals surface area (Å²) < 4.78 is 35.8. The van der Waals surface area contributed by atoms with Gasteiger partial charge in [0.15, 0.2) is 11.5 Å². The Kier molecular flexibility index (Phi) is 5.28. The number of carbonyl (C=O) groups is 2. The number of piperazine rings is 1. The Labute approximate surface area is 164 Å². The maximum atomic E-state index is 13.0. The number of rotatable bonds is 5. The van der Waals surface area contributed by atoms with Gasteiger partial charge in [0.2, 0.25) is 28.6 Å². The van der Waals surface area contributed by atoms with E-state index in [9.17, 15) is 18.0 Å². The Bertz CT molecular complexity index is 901. The molecule has 2 aliphatic heterocycles. The van der Waals surface area contributed by atoms with Gasteiger partial charge in [-0.25, -0.2) is 8.42 Å². The molecule has 0 aliphatic carbocycles. The van der Waals surface area contributed by atoms with Crippen LogP contribution in [0.25, 0.3) is 0 Å². The zero-order valence-electron chi connectivity index (χ0n) is 16.4. The number of hydrogen-bond donors (Lipinski definition) is 1. The monoisotopic (exact) mass is 411 g/mol. The molecule has 2 heterocycles. The predicted octanol–water partition coefficient (Wildman–Crippen LogP) is 0.302. The molecular formula is C18H25N3O6S. The largest absolute Gasteiger partial charge is 0.454 e. The summed E-state index contributed by atoms with van der Waals surface area (Å²) in [5.41, 5.74) is -0.590. The van der Waals surface area contributed by atoms with Crippen molar-refractivity contribution >= 4 is 21.8 Å². The first-order valence-electron chi connectivity index (χ1n) is 8.96. The zero-order chi connectivity index (χ0) is 20.7. The highest BCUT2D eigenvalue weighted by Gasteiger charge is 2.49. The number of hydrogen-bond acceptors (Lipinski definition) is 6. The van der Waals surface area contributed by atoms with Crippen LogP contribution in [0.5, 0.6) is 11.5 Å². The van der Waals surface area contributed by atoms with Crippen molar-refractivity contribution in [2.24, 2.45) is 0 Å². The normalized spacial score (nSPS) is 22.6. The van der Waals surface area contributed by atoms with Crippen molar-refractivity contribution in [3.05, 3.63) is 23.8 Å². The standard InChI is InChI=1S/C18H25N3O6S/c1-12(2)19-17(23)18(3)10-20(28(4,24)25)9-16(22)21(18)8-13-5-6-14-15(7-13)27-11-26-14/h5-7,12H,8-11H2,1-4H3,(H,19,23). The van der Waals surface area contributed by atoms with E-state index in [0.717, 1.165) is 16.1 Å². The van der Waals surface area contributed by atoms with Crippen molar-refractivity contribution in [3.63, 3.8) is 0 Å². The van der Waals surface area contributed by atoms with Crippen molar-refractivity contribution in [2.45, 2.75) is 38.9 Å². The van der Waals surface area contributed by atoms with Crippen LogP contribution in [-0.4, -0.2) is 67.2 Å². The van der Waals surface area contributed by atoms with Crippen LogP contribution in [0.2, 0.25) is 0 Å². The van der Waals surface area contributed by atoms with Gasteiger partial charge in [0.05, 0.1) is 12.8 Å². The molecular weight excluding hydrogens is 386 g/mol. The lowest BCUT2D eigenvalue weighted by Crippen LogP contribution is -2.69. The lowest BCUT2D eigenvalue weighted by Gasteiger charge is -2.46. The number of amides is 2. The lowest BCUT2D eigenvalue weighted by molar-refractivity contribution is -0.153. The maximum absolute atomic E-state index is 13.0. The van der Waals surface area contributed by atoms with Gasteiger partial charge in [-0.2, -0.15) is 4.31 Å². The molecule has 10 heteroatoms. The van der Waals surface area contributed by atoms with Crippen LogP contribution in [-0.2, 0) is 26.2 Å². The van der Waals surface area contributed by atoms with Crippen LogP contribution >= 0.6 is 0 Å². The van der Waals surface area contributed by atoms with E-state index in [2.05, 4.69) is 5.32 Å². The second-order valence-electron chi connectivity index (χ2n) is 7.60. The van der Waals surface area contributed by atoms with Crippen LogP contribution in [0.15, 0.2) is 18.2 Å². The lowest BCUT2D eigenvalue weighted by atomic mass is 9.94. The van der Waals surface area contributed by atoms with Gasteiger partial charge in [-0.3, -0.25) is 9.59 Å². The fraction of sp³-hybridized carbons (Fsp3) is 0.556. The summed E-state index contributed by atoms with van der Waals surface area (Å²) in [6, 6.07) is 5.16. The number of fused-ring (bicyclic) bond motifs is 1. The molecule has 1 atom stereocenters. The number of benzene rings is 1. The van der Waals surface area contributed by atoms with Gasteiger partial charge in [0.25, 0.3) is 0 Å². The summed E-state index contributed by atoms with van der Waals surface area (Å²) in [7, 11) is -3.63. The molecule has 1 fully saturated rings. The van der Waals surface area contributed by atoms with E-state index in [1.165, 1.54) is 4.90 Å². The molecule has 1 aromatic rings. The first-order valence-corrected chi connectivity index (χ1v) is 10.8. The van der Waals surface area contributed by atoms with Crippen LogP contribution in [0.3, 0.4) is 0 Å². The van der Waals surface area contributed by atoms with Crippen molar-refractivity contribution < 1.29 is 27.5 Å². The SMILES string of the molecule is CC(C)NC(=O)C1(C)CN(S(C)(=O)=O)CC(=O)N1Cc1ccc2c(c1)OCO2. The molecule has 0 bridgehead atoms. The molecule has 0 saturated carbocycles. The second kappa shape index (κ2) is 7.25. The van der Waals surface area contributed by atoms with E-state index >= 15 is 0 Å². The summed E-state index contributed by atoms with van der Waals surface area (Å²) in [5, 5.41) is 2.80. The number of sulfonamides is 1. The molecule has 0 aromatic heterocycles. The maximum Gasteiger partial charge on any atom is 0.247 e. The molecule has 2 aliphatic rings. The van der Waals surface area contributed by atoms with Gasteiger partial charge < -0.3 is 19.7 Å². The summed E-state index contributed by atoms with van der Waals surface area (Å²) >= 11 is 0. The van der Waals surface area contributed by atoms with Gasteiger partial charge in [0, 0.05) is 19.1 Å². The minimum Gasteiger partial charge on any atom is -0.454 e. The highest BCUT2D eigenvalue weighted by Crippen LogP contribution is 2.34. The van der Waals surface area contributed by atoms with Crippen LogP contribution < -0.4 is 14.8 Å². The second-order valence-corrected chi connectivity index (χ2v) is 9.58. The van der Waals surface area contributed by atoms with Gasteiger partial charge in [-0.1, -0.05) is 6.07 Å². The molecule has 28 heavy (non-hydrogen) atoms. The molecule has 1 aromatic carbocycles. The molecule has 0 radical (unpaired) electrons. The third-order valence-corrected chi connectivity index (χ3v) is 6.04. The number of carbonyl (C=O) groups excluding carboxylic acids is 2. The average Bonchev–Trinajstić information content (AvgIpc) is 3.04. The topological polar surface area (TPSA) is 105 Å². The number of nitrogens with one attached hydrogen (secondary N) is 1. The predicted molar refractivity (Wildman–Crippen MR) is 101 cm³/mol. The molecule has 1 unspecified atom stereocenters. The first kappa shape index (κ1) is 20.4. The fourth-order valence-corrected chi connectivity index (χ4v) is 4.16. The molecule has 1 saturated heterocycles. The Morgan fingerprint density at radius 2 is 1.96 bits per heavy atom. The first-order chi connectivity index (χ1) is 13.0. The van der Waals surface area contributed by atoms with Crippen LogP contribution in [0.4, 0.5) is 0 Å². The van der Waals surface area contributed by atoms with E-state index < -0.39 is 27.4 Å². The minimum absolute atomic E-state index is 0.110. The quantitative estimate of drug-likeness (QED) is 0.747. The summed E-state index contributed by atoms with van der Waals surface area (Å²) in [6.45, 7) is 5.08. The Morgan fingerprint density at radius 1 is 1.29 bits per heavy atom. The van der Waals surface area contributed by atoms with Crippen LogP contribution in [0, 0.1) is 0 Å². The molecule has 3 rings (SSSR count). The van der Waals surface area contributed by atoms with Gasteiger partial charge in [-0.15, -0.1) is 0 Å². The van der Waals surface area contributed by atoms with Crippen LogP contribution in [0.1, 0.15) is 26.3 Å². The van der Waals surface area contributed by atoms with E-state index in [-0.39, 0.29) is 32.5 Å². The van der Waals surface area contributed by atoms with Crippen molar-refractivity contribution in [1.82, 2.24) is 14.5 Å². The summed E-state index contributed by atoms with van der Waals surface area (Å²) in [5.74, 6) is 0.367. The smallest absolute Gasteiger partial charge is 0.247 e. The Morgan fingerprint density at radius 3 is 2.61 bits per heavy atom. The molecule has 2 amide bonds. The highest BCUT2D eigenvalue weighted by atomic mass is 32.2. The summed E-state index contributed by atoms with van der Waals surface area (Å²) in [6.07, 6.45) is 1.04. The molecule has 9 nitrogen and oxygen atoms in total. The van der Waals surface area contributed by atoms with Crippen molar-refractivity contribution in [1.29, 1.82) is 0 Å². The number of nitrogens with zero attached hydrogens (tertiary/aromatic N) is 2. The fourth-order valence-electron chi connectivity index (χ4n) is 3.33. The van der Waals surface area contributed by atoms with E-state index in [4.69, 9.17) is 9.47 Å².